The Morgan fingerprint density at radius 2 is 1.89 bits per heavy atom. The number of halogens is 1. The number of nitrogens with one attached hydrogen (secondary N) is 1. The molecule has 0 unspecified atom stereocenters. The summed E-state index contributed by atoms with van der Waals surface area (Å²) in [5, 5.41) is 2.58. The highest BCUT2D eigenvalue weighted by molar-refractivity contribution is 5.87. The van der Waals surface area contributed by atoms with E-state index in [0.717, 1.165) is 0 Å². The van der Waals surface area contributed by atoms with Crippen LogP contribution in [0.2, 0.25) is 0 Å². The summed E-state index contributed by atoms with van der Waals surface area (Å²) < 4.78 is 4.94. The Hall–Kier alpha value is -1.59. The first kappa shape index (κ1) is 17.4. The van der Waals surface area contributed by atoms with Crippen molar-refractivity contribution in [2.75, 3.05) is 6.61 Å². The fourth-order valence-corrected chi connectivity index (χ4v) is 1.42. The lowest BCUT2D eigenvalue weighted by Gasteiger charge is -2.18. The monoisotopic (exact) mass is 286 g/mol. The third-order valence-corrected chi connectivity index (χ3v) is 2.36. The van der Waals surface area contributed by atoms with Gasteiger partial charge in [0.2, 0.25) is 5.91 Å². The van der Waals surface area contributed by atoms with E-state index in [4.69, 9.17) is 10.5 Å². The van der Waals surface area contributed by atoms with Gasteiger partial charge in [-0.25, -0.2) is 4.79 Å². The van der Waals surface area contributed by atoms with Gasteiger partial charge in [0.05, 0.1) is 12.6 Å². The van der Waals surface area contributed by atoms with Crippen molar-refractivity contribution in [1.29, 1.82) is 0 Å². The summed E-state index contributed by atoms with van der Waals surface area (Å²) in [6.45, 7) is 3.53. The van der Waals surface area contributed by atoms with Crippen molar-refractivity contribution >= 4 is 24.3 Å². The van der Waals surface area contributed by atoms with Crippen LogP contribution in [-0.2, 0) is 14.3 Å². The summed E-state index contributed by atoms with van der Waals surface area (Å²) in [5.74, 6) is -0.880. The molecule has 3 N–H and O–H groups in total. The van der Waals surface area contributed by atoms with E-state index in [2.05, 4.69) is 5.32 Å². The van der Waals surface area contributed by atoms with Gasteiger partial charge < -0.3 is 15.8 Å². The molecule has 0 saturated heterocycles. The molecule has 0 bridgehead atoms. The van der Waals surface area contributed by atoms with Gasteiger partial charge in [0, 0.05) is 0 Å². The first-order valence-corrected chi connectivity index (χ1v) is 5.83. The maximum Gasteiger partial charge on any atom is 0.333 e. The Bertz CT molecular complexity index is 410. The van der Waals surface area contributed by atoms with Crippen molar-refractivity contribution < 1.29 is 14.3 Å². The molecule has 0 fully saturated rings. The van der Waals surface area contributed by atoms with Crippen molar-refractivity contribution in [2.45, 2.75) is 25.9 Å². The second-order valence-corrected chi connectivity index (χ2v) is 3.89. The molecule has 0 spiro atoms. The van der Waals surface area contributed by atoms with E-state index in [9.17, 15) is 9.59 Å². The zero-order chi connectivity index (χ0) is 13.5. The van der Waals surface area contributed by atoms with Gasteiger partial charge in [-0.3, -0.25) is 4.79 Å². The molecule has 19 heavy (non-hydrogen) atoms. The highest BCUT2D eigenvalue weighted by atomic mass is 35.5. The first-order chi connectivity index (χ1) is 8.56. The van der Waals surface area contributed by atoms with E-state index in [-0.39, 0.29) is 19.0 Å². The van der Waals surface area contributed by atoms with Crippen LogP contribution in [0.4, 0.5) is 0 Å². The standard InChI is InChI=1S/C13H18N2O3.ClH/c1-3-18-13(17)11(15-12(16)9(2)14)10-7-5-4-6-8-10;/h4-9,11H,3,14H2,1-2H3,(H,15,16);1H/t9-,11+;/m0./s1. The molecule has 0 radical (unpaired) electrons. The van der Waals surface area contributed by atoms with Crippen LogP contribution in [0.1, 0.15) is 25.5 Å². The second kappa shape index (κ2) is 8.50. The van der Waals surface area contributed by atoms with E-state index in [1.807, 2.05) is 6.07 Å². The van der Waals surface area contributed by atoms with Crippen LogP contribution in [0.5, 0.6) is 0 Å². The molecule has 0 aliphatic rings. The molecule has 0 heterocycles. The molecule has 2 atom stereocenters. The predicted octanol–water partition coefficient (Wildman–Crippen LogP) is 1.18. The average molecular weight is 287 g/mol. The lowest BCUT2D eigenvalue weighted by molar-refractivity contribution is -0.147. The van der Waals surface area contributed by atoms with Gasteiger partial charge in [-0.2, -0.15) is 0 Å². The topological polar surface area (TPSA) is 81.4 Å². The number of ether oxygens (including phenoxy) is 1. The smallest absolute Gasteiger partial charge is 0.333 e. The minimum absolute atomic E-state index is 0. The second-order valence-electron chi connectivity index (χ2n) is 3.89. The van der Waals surface area contributed by atoms with E-state index in [1.54, 1.807) is 38.1 Å². The number of nitrogens with two attached hydrogens (primary N) is 1. The summed E-state index contributed by atoms with van der Waals surface area (Å²) in [4.78, 5) is 23.4. The number of carbonyl (C=O) groups is 2. The van der Waals surface area contributed by atoms with Crippen LogP contribution in [0.3, 0.4) is 0 Å². The van der Waals surface area contributed by atoms with Gasteiger partial charge in [-0.15, -0.1) is 12.4 Å². The minimum Gasteiger partial charge on any atom is -0.464 e. The highest BCUT2D eigenvalue weighted by Crippen LogP contribution is 2.14. The Morgan fingerprint density at radius 3 is 2.37 bits per heavy atom. The minimum atomic E-state index is -0.815. The number of hydrogen-bond donors (Lipinski definition) is 2. The molecule has 1 aromatic carbocycles. The van der Waals surface area contributed by atoms with Crippen LogP contribution in [-0.4, -0.2) is 24.5 Å². The first-order valence-electron chi connectivity index (χ1n) is 5.83. The van der Waals surface area contributed by atoms with E-state index in [1.165, 1.54) is 0 Å². The molecule has 1 amide bonds. The summed E-state index contributed by atoms with van der Waals surface area (Å²) >= 11 is 0. The Morgan fingerprint density at radius 1 is 1.32 bits per heavy atom. The predicted molar refractivity (Wildman–Crippen MR) is 74.9 cm³/mol. The van der Waals surface area contributed by atoms with Gasteiger partial charge >= 0.3 is 5.97 Å². The van der Waals surface area contributed by atoms with Gasteiger partial charge in [0.15, 0.2) is 6.04 Å². The third kappa shape index (κ3) is 5.28. The van der Waals surface area contributed by atoms with Crippen molar-refractivity contribution in [3.8, 4) is 0 Å². The largest absolute Gasteiger partial charge is 0.464 e. The van der Waals surface area contributed by atoms with Crippen LogP contribution >= 0.6 is 12.4 Å². The summed E-state index contributed by atoms with van der Waals surface area (Å²) in [5.41, 5.74) is 6.14. The molecule has 0 aliphatic heterocycles. The molecule has 6 heteroatoms. The molecule has 5 nitrogen and oxygen atoms in total. The van der Waals surface area contributed by atoms with Crippen molar-refractivity contribution in [2.24, 2.45) is 5.73 Å². The molecule has 0 aromatic heterocycles. The summed E-state index contributed by atoms with van der Waals surface area (Å²) in [6.07, 6.45) is 0. The molecule has 1 rings (SSSR count). The SMILES string of the molecule is CCOC(=O)[C@H](NC(=O)[C@H](C)N)c1ccccc1.Cl. The van der Waals surface area contributed by atoms with Gasteiger partial charge in [0.25, 0.3) is 0 Å². The summed E-state index contributed by atoms with van der Waals surface area (Å²) in [6, 6.07) is 7.43. The van der Waals surface area contributed by atoms with Crippen LogP contribution in [0.15, 0.2) is 30.3 Å². The van der Waals surface area contributed by atoms with E-state index < -0.39 is 24.0 Å². The number of hydrogen-bond acceptors (Lipinski definition) is 4. The molecule has 106 valence electrons. The Labute approximate surface area is 118 Å². The zero-order valence-electron chi connectivity index (χ0n) is 11.0. The normalized spacial score (nSPS) is 12.8. The molecule has 0 aliphatic carbocycles. The number of amides is 1. The number of carbonyl (C=O) groups excluding carboxylic acids is 2. The van der Waals surface area contributed by atoms with Crippen LogP contribution in [0, 0.1) is 0 Å². The quantitative estimate of drug-likeness (QED) is 0.796. The molecular weight excluding hydrogens is 268 g/mol. The fourth-order valence-electron chi connectivity index (χ4n) is 1.42. The zero-order valence-corrected chi connectivity index (χ0v) is 11.8. The lowest BCUT2D eigenvalue weighted by atomic mass is 10.1. The fraction of sp³-hybridized carbons (Fsp3) is 0.385. The number of esters is 1. The molecule has 0 saturated carbocycles. The van der Waals surface area contributed by atoms with E-state index >= 15 is 0 Å². The maximum absolute atomic E-state index is 11.8. The maximum atomic E-state index is 11.8. The van der Waals surface area contributed by atoms with Gasteiger partial charge in [0.1, 0.15) is 0 Å². The molecular formula is C13H19ClN2O3. The lowest BCUT2D eigenvalue weighted by Crippen LogP contribution is -2.43. The molecule has 1 aromatic rings. The number of benzene rings is 1. The van der Waals surface area contributed by atoms with Crippen LogP contribution < -0.4 is 11.1 Å². The van der Waals surface area contributed by atoms with Crippen molar-refractivity contribution in [1.82, 2.24) is 5.32 Å². The van der Waals surface area contributed by atoms with Crippen molar-refractivity contribution in [3.05, 3.63) is 35.9 Å². The Kier molecular flexibility index (Phi) is 7.79. The highest BCUT2D eigenvalue weighted by Gasteiger charge is 2.24. The Balaban J connectivity index is 0.00000324. The van der Waals surface area contributed by atoms with Crippen LogP contribution in [0.25, 0.3) is 0 Å². The van der Waals surface area contributed by atoms with Gasteiger partial charge in [-0.05, 0) is 19.4 Å². The average Bonchev–Trinajstić information content (AvgIpc) is 2.36. The number of rotatable bonds is 5. The van der Waals surface area contributed by atoms with Crippen molar-refractivity contribution in [3.63, 3.8) is 0 Å². The summed E-state index contributed by atoms with van der Waals surface area (Å²) in [7, 11) is 0. The third-order valence-electron chi connectivity index (χ3n) is 2.36. The van der Waals surface area contributed by atoms with E-state index in [0.29, 0.717) is 5.56 Å². The van der Waals surface area contributed by atoms with Gasteiger partial charge in [-0.1, -0.05) is 30.3 Å².